The van der Waals surface area contributed by atoms with Gasteiger partial charge in [-0.3, -0.25) is 0 Å². The van der Waals surface area contributed by atoms with Crippen LogP contribution in [0.1, 0.15) is 62.0 Å². The van der Waals surface area contributed by atoms with Crippen molar-refractivity contribution in [1.82, 2.24) is 5.32 Å². The van der Waals surface area contributed by atoms with Gasteiger partial charge in [-0.25, -0.2) is 0 Å². The molecule has 2 aliphatic carbocycles. The normalized spacial score (nSPS) is 21.6. The zero-order valence-corrected chi connectivity index (χ0v) is 10.6. The van der Waals surface area contributed by atoms with E-state index in [4.69, 9.17) is 0 Å². The van der Waals surface area contributed by atoms with E-state index in [1.54, 1.807) is 5.56 Å². The summed E-state index contributed by atoms with van der Waals surface area (Å²) in [4.78, 5) is 0. The van der Waals surface area contributed by atoms with Gasteiger partial charge in [-0.05, 0) is 42.7 Å². The minimum Gasteiger partial charge on any atom is -0.310 e. The van der Waals surface area contributed by atoms with Crippen molar-refractivity contribution in [3.8, 4) is 0 Å². The molecule has 0 saturated heterocycles. The van der Waals surface area contributed by atoms with Crippen molar-refractivity contribution in [2.24, 2.45) is 0 Å². The van der Waals surface area contributed by atoms with Gasteiger partial charge in [0.1, 0.15) is 0 Å². The molecule has 0 unspecified atom stereocenters. The summed E-state index contributed by atoms with van der Waals surface area (Å²) < 4.78 is 0. The van der Waals surface area contributed by atoms with Crippen LogP contribution >= 0.6 is 0 Å². The topological polar surface area (TPSA) is 12.0 Å². The van der Waals surface area contributed by atoms with E-state index in [1.165, 1.54) is 50.5 Å². The summed E-state index contributed by atoms with van der Waals surface area (Å²) >= 11 is 0. The number of hydrogen-bond donors (Lipinski definition) is 1. The van der Waals surface area contributed by atoms with E-state index < -0.39 is 0 Å². The van der Waals surface area contributed by atoms with Crippen molar-refractivity contribution in [2.75, 3.05) is 0 Å². The third-order valence-electron chi connectivity index (χ3n) is 4.20. The molecule has 1 heteroatoms. The predicted octanol–water partition coefficient (Wildman–Crippen LogP) is 3.99. The fourth-order valence-corrected chi connectivity index (χ4v) is 2.94. The first-order chi connectivity index (χ1) is 8.42. The van der Waals surface area contributed by atoms with E-state index in [-0.39, 0.29) is 0 Å². The van der Waals surface area contributed by atoms with Crippen molar-refractivity contribution in [1.29, 1.82) is 0 Å². The van der Waals surface area contributed by atoms with Gasteiger partial charge in [0.25, 0.3) is 0 Å². The van der Waals surface area contributed by atoms with Crippen LogP contribution < -0.4 is 5.32 Å². The molecule has 2 saturated carbocycles. The van der Waals surface area contributed by atoms with E-state index in [0.29, 0.717) is 0 Å². The first-order valence-electron chi connectivity index (χ1n) is 7.24. The molecule has 2 aliphatic rings. The Balaban J connectivity index is 1.54. The van der Waals surface area contributed by atoms with Crippen LogP contribution in [0.25, 0.3) is 0 Å². The lowest BCUT2D eigenvalue weighted by atomic mass is 9.95. The minimum atomic E-state index is 0.772. The van der Waals surface area contributed by atoms with Gasteiger partial charge >= 0.3 is 0 Å². The summed E-state index contributed by atoms with van der Waals surface area (Å²) in [6, 6.07) is 9.97. The predicted molar refractivity (Wildman–Crippen MR) is 72.1 cm³/mol. The second-order valence-corrected chi connectivity index (χ2v) is 5.74. The molecule has 0 radical (unpaired) electrons. The molecule has 3 rings (SSSR count). The lowest BCUT2D eigenvalue weighted by Crippen LogP contribution is -2.30. The molecular weight excluding hydrogens is 206 g/mol. The van der Waals surface area contributed by atoms with Gasteiger partial charge in [0.15, 0.2) is 0 Å². The van der Waals surface area contributed by atoms with Crippen LogP contribution in [0.15, 0.2) is 24.3 Å². The Hall–Kier alpha value is -0.820. The fourth-order valence-electron chi connectivity index (χ4n) is 2.94. The summed E-state index contributed by atoms with van der Waals surface area (Å²) in [5.41, 5.74) is 3.04. The van der Waals surface area contributed by atoms with Crippen molar-refractivity contribution in [2.45, 2.75) is 63.5 Å². The van der Waals surface area contributed by atoms with Crippen LogP contribution in [0.3, 0.4) is 0 Å². The molecule has 1 N–H and O–H groups in total. The second-order valence-electron chi connectivity index (χ2n) is 5.74. The molecule has 17 heavy (non-hydrogen) atoms. The molecule has 0 amide bonds. The molecule has 92 valence electrons. The quantitative estimate of drug-likeness (QED) is 0.823. The van der Waals surface area contributed by atoms with Crippen molar-refractivity contribution < 1.29 is 0 Å². The molecule has 0 heterocycles. The van der Waals surface area contributed by atoms with Gasteiger partial charge in [0.2, 0.25) is 0 Å². The first kappa shape index (κ1) is 11.3. The van der Waals surface area contributed by atoms with Crippen LogP contribution in [0.5, 0.6) is 0 Å². The maximum absolute atomic E-state index is 3.72. The molecular formula is C16H23N. The summed E-state index contributed by atoms with van der Waals surface area (Å²) in [6.07, 6.45) is 9.83. The standard InChI is InChI=1S/C16H23N/c1-2-7-16(8-3-1)17-12-13-5-4-6-15(11-13)14-9-10-14/h4-6,11,14,16-17H,1-3,7-10,12H2. The van der Waals surface area contributed by atoms with Crippen LogP contribution in [-0.2, 0) is 6.54 Å². The lowest BCUT2D eigenvalue weighted by molar-refractivity contribution is 0.372. The molecule has 1 aromatic rings. The molecule has 1 nitrogen and oxygen atoms in total. The molecule has 1 aromatic carbocycles. The largest absolute Gasteiger partial charge is 0.310 e. The second kappa shape index (κ2) is 5.22. The number of benzene rings is 1. The minimum absolute atomic E-state index is 0.772. The van der Waals surface area contributed by atoms with Crippen LogP contribution in [-0.4, -0.2) is 6.04 Å². The van der Waals surface area contributed by atoms with Crippen molar-refractivity contribution in [3.05, 3.63) is 35.4 Å². The Morgan fingerprint density at radius 2 is 1.82 bits per heavy atom. The highest BCUT2D eigenvalue weighted by atomic mass is 14.9. The van der Waals surface area contributed by atoms with Gasteiger partial charge in [-0.2, -0.15) is 0 Å². The zero-order valence-electron chi connectivity index (χ0n) is 10.6. The third-order valence-corrected chi connectivity index (χ3v) is 4.20. The van der Waals surface area contributed by atoms with Gasteiger partial charge in [0, 0.05) is 12.6 Å². The molecule has 0 atom stereocenters. The highest BCUT2D eigenvalue weighted by Crippen LogP contribution is 2.40. The van der Waals surface area contributed by atoms with Gasteiger partial charge in [0.05, 0.1) is 0 Å². The van der Waals surface area contributed by atoms with E-state index in [2.05, 4.69) is 29.6 Å². The molecule has 0 spiro atoms. The number of hydrogen-bond acceptors (Lipinski definition) is 1. The monoisotopic (exact) mass is 229 g/mol. The highest BCUT2D eigenvalue weighted by molar-refractivity contribution is 5.29. The van der Waals surface area contributed by atoms with E-state index in [0.717, 1.165) is 18.5 Å². The lowest BCUT2D eigenvalue weighted by Gasteiger charge is -2.23. The first-order valence-corrected chi connectivity index (χ1v) is 7.24. The Morgan fingerprint density at radius 1 is 1.00 bits per heavy atom. The van der Waals surface area contributed by atoms with Crippen molar-refractivity contribution in [3.63, 3.8) is 0 Å². The van der Waals surface area contributed by atoms with Crippen LogP contribution in [0, 0.1) is 0 Å². The van der Waals surface area contributed by atoms with E-state index in [9.17, 15) is 0 Å². The fraction of sp³-hybridized carbons (Fsp3) is 0.625. The molecule has 0 bridgehead atoms. The maximum Gasteiger partial charge on any atom is 0.0208 e. The van der Waals surface area contributed by atoms with Gasteiger partial charge < -0.3 is 5.32 Å². The zero-order chi connectivity index (χ0) is 11.5. The molecule has 2 fully saturated rings. The third kappa shape index (κ3) is 3.10. The Bertz CT molecular complexity index is 362. The van der Waals surface area contributed by atoms with Crippen LogP contribution in [0.4, 0.5) is 0 Å². The average Bonchev–Trinajstić information content (AvgIpc) is 3.22. The van der Waals surface area contributed by atoms with E-state index >= 15 is 0 Å². The summed E-state index contributed by atoms with van der Waals surface area (Å²) in [7, 11) is 0. The highest BCUT2D eigenvalue weighted by Gasteiger charge is 2.23. The smallest absolute Gasteiger partial charge is 0.0208 e. The number of rotatable bonds is 4. The average molecular weight is 229 g/mol. The van der Waals surface area contributed by atoms with E-state index in [1.807, 2.05) is 0 Å². The summed E-state index contributed by atoms with van der Waals surface area (Å²) in [6.45, 7) is 1.06. The summed E-state index contributed by atoms with van der Waals surface area (Å²) in [5.74, 6) is 0.879. The molecule has 0 aliphatic heterocycles. The number of nitrogens with one attached hydrogen (secondary N) is 1. The van der Waals surface area contributed by atoms with Gasteiger partial charge in [-0.1, -0.05) is 43.5 Å². The van der Waals surface area contributed by atoms with Crippen LogP contribution in [0.2, 0.25) is 0 Å². The van der Waals surface area contributed by atoms with Gasteiger partial charge in [-0.15, -0.1) is 0 Å². The Kier molecular flexibility index (Phi) is 3.46. The maximum atomic E-state index is 3.72. The molecule has 0 aromatic heterocycles. The Labute approximate surface area is 105 Å². The SMILES string of the molecule is c1cc(CNC2CCCCC2)cc(C2CC2)c1. The van der Waals surface area contributed by atoms with Crippen molar-refractivity contribution >= 4 is 0 Å². The Morgan fingerprint density at radius 3 is 2.59 bits per heavy atom. The summed E-state index contributed by atoms with van der Waals surface area (Å²) in [5, 5.41) is 3.72.